The summed E-state index contributed by atoms with van der Waals surface area (Å²) in [7, 11) is 2.09. The summed E-state index contributed by atoms with van der Waals surface area (Å²) in [4.78, 5) is 36.3. The highest BCUT2D eigenvalue weighted by molar-refractivity contribution is 6.12. The van der Waals surface area contributed by atoms with Crippen LogP contribution in [-0.4, -0.2) is 58.9 Å². The summed E-state index contributed by atoms with van der Waals surface area (Å²) in [6, 6.07) is 3.81. The number of benzene rings is 1. The third-order valence-electron chi connectivity index (χ3n) is 5.00. The molecule has 7 heteroatoms. The number of piperazine rings is 1. The minimum absolute atomic E-state index is 0.193. The zero-order chi connectivity index (χ0) is 17.6. The molecular weight excluding hydrogens is 318 g/mol. The molecule has 0 spiro atoms. The molecule has 3 heterocycles. The molecule has 7 nitrogen and oxygen atoms in total. The Morgan fingerprint density at radius 2 is 1.96 bits per heavy atom. The molecule has 1 aliphatic rings. The molecule has 0 saturated carbocycles. The third kappa shape index (κ3) is 2.51. The van der Waals surface area contributed by atoms with Crippen LogP contribution in [0.15, 0.2) is 23.1 Å². The first-order chi connectivity index (χ1) is 12.1. The van der Waals surface area contributed by atoms with Crippen molar-refractivity contribution in [3.63, 3.8) is 0 Å². The molecular formula is C18H21N5O2. The van der Waals surface area contributed by atoms with Gasteiger partial charge in [-0.25, -0.2) is 4.98 Å². The van der Waals surface area contributed by atoms with E-state index >= 15 is 0 Å². The molecule has 1 N–H and O–H groups in total. The van der Waals surface area contributed by atoms with Crippen molar-refractivity contribution in [1.82, 2.24) is 19.4 Å². The molecule has 0 radical (unpaired) electrons. The SMILES string of the molecule is CCn1cc(C=O)c2c3c(=O)[nH]c(N4CCN(C)CC4)nc3ccc21. The lowest BCUT2D eigenvalue weighted by atomic mass is 10.1. The molecule has 1 aromatic carbocycles. The number of nitrogens with zero attached hydrogens (tertiary/aromatic N) is 4. The number of aldehydes is 1. The van der Waals surface area contributed by atoms with Crippen LogP contribution in [0.3, 0.4) is 0 Å². The summed E-state index contributed by atoms with van der Waals surface area (Å²) in [5.41, 5.74) is 1.85. The average molecular weight is 339 g/mol. The minimum atomic E-state index is -0.193. The molecule has 25 heavy (non-hydrogen) atoms. The summed E-state index contributed by atoms with van der Waals surface area (Å²) in [6.07, 6.45) is 2.60. The van der Waals surface area contributed by atoms with E-state index in [9.17, 15) is 9.59 Å². The molecule has 0 bridgehead atoms. The number of nitrogens with one attached hydrogen (secondary N) is 1. The average Bonchev–Trinajstić information content (AvgIpc) is 3.00. The standard InChI is InChI=1S/C18H21N5O2/c1-3-22-10-12(11-24)15-14(22)5-4-13-16(15)17(25)20-18(19-13)23-8-6-21(2)7-9-23/h4-5,10-11H,3,6-9H2,1-2H3,(H,19,20,25). The molecule has 0 unspecified atom stereocenters. The summed E-state index contributed by atoms with van der Waals surface area (Å²) >= 11 is 0. The minimum Gasteiger partial charge on any atom is -0.347 e. The van der Waals surface area contributed by atoms with Crippen molar-refractivity contribution in [1.29, 1.82) is 0 Å². The number of likely N-dealkylation sites (N-methyl/N-ethyl adjacent to an activating group) is 1. The third-order valence-corrected chi connectivity index (χ3v) is 5.00. The number of hydrogen-bond donors (Lipinski definition) is 1. The van der Waals surface area contributed by atoms with E-state index in [0.29, 0.717) is 27.8 Å². The van der Waals surface area contributed by atoms with Crippen molar-refractivity contribution in [3.05, 3.63) is 34.2 Å². The number of fused-ring (bicyclic) bond motifs is 3. The van der Waals surface area contributed by atoms with Crippen LogP contribution in [0.1, 0.15) is 17.3 Å². The Labute approximate surface area is 144 Å². The first kappa shape index (κ1) is 15.8. The molecule has 0 aliphatic carbocycles. The number of rotatable bonds is 3. The van der Waals surface area contributed by atoms with Crippen molar-refractivity contribution in [2.45, 2.75) is 13.5 Å². The largest absolute Gasteiger partial charge is 0.347 e. The quantitative estimate of drug-likeness (QED) is 0.731. The van der Waals surface area contributed by atoms with Crippen LogP contribution in [0.4, 0.5) is 5.95 Å². The van der Waals surface area contributed by atoms with Gasteiger partial charge >= 0.3 is 0 Å². The van der Waals surface area contributed by atoms with E-state index in [1.807, 2.05) is 23.6 Å². The molecule has 1 aliphatic heterocycles. The first-order valence-corrected chi connectivity index (χ1v) is 8.57. The fourth-order valence-electron chi connectivity index (χ4n) is 3.56. The number of hydrogen-bond acceptors (Lipinski definition) is 5. The van der Waals surface area contributed by atoms with Crippen LogP contribution in [0.25, 0.3) is 21.8 Å². The van der Waals surface area contributed by atoms with Gasteiger partial charge in [-0.05, 0) is 26.1 Å². The first-order valence-electron chi connectivity index (χ1n) is 8.57. The number of carbonyl (C=O) groups is 1. The number of H-pyrrole nitrogens is 1. The fourth-order valence-corrected chi connectivity index (χ4v) is 3.56. The smallest absolute Gasteiger partial charge is 0.260 e. The lowest BCUT2D eigenvalue weighted by molar-refractivity contribution is 0.112. The second kappa shape index (κ2) is 6.00. The van der Waals surface area contributed by atoms with Crippen LogP contribution >= 0.6 is 0 Å². The molecule has 1 saturated heterocycles. The predicted molar refractivity (Wildman–Crippen MR) is 98.6 cm³/mol. The maximum absolute atomic E-state index is 12.8. The van der Waals surface area contributed by atoms with Crippen molar-refractivity contribution in [2.75, 3.05) is 38.1 Å². The van der Waals surface area contributed by atoms with Gasteiger partial charge in [0.1, 0.15) is 0 Å². The number of anilines is 1. The summed E-state index contributed by atoms with van der Waals surface area (Å²) in [5, 5.41) is 1.18. The van der Waals surface area contributed by atoms with Crippen molar-refractivity contribution < 1.29 is 4.79 Å². The second-order valence-electron chi connectivity index (χ2n) is 6.52. The molecule has 130 valence electrons. The van der Waals surface area contributed by atoms with E-state index in [0.717, 1.165) is 44.5 Å². The van der Waals surface area contributed by atoms with E-state index in [-0.39, 0.29) is 5.56 Å². The van der Waals surface area contributed by atoms with Gasteiger partial charge in [-0.2, -0.15) is 0 Å². The van der Waals surface area contributed by atoms with Gasteiger partial charge in [0.15, 0.2) is 6.29 Å². The van der Waals surface area contributed by atoms with Crippen LogP contribution in [0.2, 0.25) is 0 Å². The van der Waals surface area contributed by atoms with Gasteiger partial charge in [0.05, 0.1) is 10.9 Å². The Morgan fingerprint density at radius 1 is 1.20 bits per heavy atom. The van der Waals surface area contributed by atoms with E-state index in [2.05, 4.69) is 26.8 Å². The Hall–Kier alpha value is -2.67. The number of aryl methyl sites for hydroxylation is 1. The Bertz CT molecular complexity index is 1010. The summed E-state index contributed by atoms with van der Waals surface area (Å²) in [6.45, 7) is 6.29. The highest BCUT2D eigenvalue weighted by Crippen LogP contribution is 2.27. The summed E-state index contributed by atoms with van der Waals surface area (Å²) < 4.78 is 1.98. The van der Waals surface area contributed by atoms with E-state index < -0.39 is 0 Å². The summed E-state index contributed by atoms with van der Waals surface area (Å²) in [5.74, 6) is 0.604. The molecule has 0 atom stereocenters. The van der Waals surface area contributed by atoms with Crippen LogP contribution in [0.5, 0.6) is 0 Å². The van der Waals surface area contributed by atoms with Gasteiger partial charge in [-0.3, -0.25) is 14.6 Å². The Morgan fingerprint density at radius 3 is 2.64 bits per heavy atom. The number of aromatic amines is 1. The molecule has 2 aromatic heterocycles. The van der Waals surface area contributed by atoms with Gasteiger partial charge < -0.3 is 14.4 Å². The van der Waals surface area contributed by atoms with Gasteiger partial charge in [0, 0.05) is 55.4 Å². The van der Waals surface area contributed by atoms with Gasteiger partial charge in [0.2, 0.25) is 5.95 Å². The van der Waals surface area contributed by atoms with Gasteiger partial charge in [-0.1, -0.05) is 0 Å². The highest BCUT2D eigenvalue weighted by atomic mass is 16.1. The molecule has 0 amide bonds. The lowest BCUT2D eigenvalue weighted by Gasteiger charge is -2.32. The van der Waals surface area contributed by atoms with E-state index in [1.54, 1.807) is 6.20 Å². The highest BCUT2D eigenvalue weighted by Gasteiger charge is 2.19. The lowest BCUT2D eigenvalue weighted by Crippen LogP contribution is -2.45. The maximum atomic E-state index is 12.8. The topological polar surface area (TPSA) is 74.2 Å². The van der Waals surface area contributed by atoms with Crippen molar-refractivity contribution in [2.24, 2.45) is 0 Å². The monoisotopic (exact) mass is 339 g/mol. The zero-order valence-electron chi connectivity index (χ0n) is 14.5. The van der Waals surface area contributed by atoms with Crippen LogP contribution in [0, 0.1) is 0 Å². The number of carbonyl (C=O) groups excluding carboxylic acids is 1. The molecule has 4 rings (SSSR count). The maximum Gasteiger partial charge on any atom is 0.260 e. The van der Waals surface area contributed by atoms with Gasteiger partial charge in [-0.15, -0.1) is 0 Å². The normalized spacial score (nSPS) is 16.0. The number of aromatic nitrogens is 3. The fraction of sp³-hybridized carbons (Fsp3) is 0.389. The van der Waals surface area contributed by atoms with E-state index in [4.69, 9.17) is 0 Å². The molecule has 1 fully saturated rings. The second-order valence-corrected chi connectivity index (χ2v) is 6.52. The van der Waals surface area contributed by atoms with Crippen LogP contribution < -0.4 is 10.5 Å². The van der Waals surface area contributed by atoms with Crippen molar-refractivity contribution >= 4 is 34.0 Å². The van der Waals surface area contributed by atoms with E-state index in [1.165, 1.54) is 0 Å². The predicted octanol–water partition coefficient (Wildman–Crippen LogP) is 1.46. The van der Waals surface area contributed by atoms with Crippen molar-refractivity contribution in [3.8, 4) is 0 Å². The Balaban J connectivity index is 1.92. The zero-order valence-corrected chi connectivity index (χ0v) is 14.5. The van der Waals surface area contributed by atoms with Crippen LogP contribution in [-0.2, 0) is 6.54 Å². The Kier molecular flexibility index (Phi) is 3.80. The van der Waals surface area contributed by atoms with Gasteiger partial charge in [0.25, 0.3) is 5.56 Å². The molecule has 3 aromatic rings.